The van der Waals surface area contributed by atoms with Crippen LogP contribution in [0.5, 0.6) is 0 Å². The number of aryl methyl sites for hydroxylation is 3. The van der Waals surface area contributed by atoms with Gasteiger partial charge in [0.15, 0.2) is 0 Å². The fraction of sp³-hybridized carbons (Fsp3) is 0.394. The van der Waals surface area contributed by atoms with Crippen LogP contribution in [0.15, 0.2) is 72.8 Å². The van der Waals surface area contributed by atoms with E-state index in [1.165, 1.54) is 38.9 Å². The maximum atomic E-state index is 2.46. The Bertz CT molecular complexity index is 1090. The van der Waals surface area contributed by atoms with Crippen LogP contribution in [0.1, 0.15) is 93.8 Å². The summed E-state index contributed by atoms with van der Waals surface area (Å²) in [5.41, 5.74) is 10.0. The Balaban J connectivity index is 0.00000193. The predicted octanol–water partition coefficient (Wildman–Crippen LogP) is 9.67. The van der Waals surface area contributed by atoms with E-state index in [-0.39, 0.29) is 25.7 Å². The molecule has 3 aromatic carbocycles. The Morgan fingerprint density at radius 3 is 2.09 bits per heavy atom. The van der Waals surface area contributed by atoms with Crippen LogP contribution in [0.2, 0.25) is 0 Å². The zero-order chi connectivity index (χ0) is 22.2. The first kappa shape index (κ1) is 26.7. The van der Waals surface area contributed by atoms with Crippen molar-refractivity contribution in [3.63, 3.8) is 0 Å². The van der Waals surface area contributed by atoms with E-state index in [0.29, 0.717) is 5.92 Å². The van der Waals surface area contributed by atoms with Gasteiger partial charge < -0.3 is 0 Å². The Labute approximate surface area is 203 Å². The van der Waals surface area contributed by atoms with Gasteiger partial charge in [-0.15, -0.1) is 0 Å². The molecule has 176 valence electrons. The van der Waals surface area contributed by atoms with Crippen molar-refractivity contribution >= 4 is 6.08 Å². The quantitative estimate of drug-likeness (QED) is 0.370. The normalized spacial score (nSPS) is 16.4. The van der Waals surface area contributed by atoms with Gasteiger partial charge in [-0.05, 0) is 65.3 Å². The molecule has 3 aromatic rings. The molecule has 0 radical (unpaired) electrons. The lowest BCUT2D eigenvalue weighted by molar-refractivity contribution is 0.189. The van der Waals surface area contributed by atoms with Crippen molar-refractivity contribution < 1.29 is 0 Å². The number of hydrogen-bond acceptors (Lipinski definition) is 0. The molecule has 4 rings (SSSR count). The molecule has 0 nitrogen and oxygen atoms in total. The molecule has 0 spiro atoms. The molecule has 1 aliphatic carbocycles. The third-order valence-electron chi connectivity index (χ3n) is 7.62. The summed E-state index contributed by atoms with van der Waals surface area (Å²) in [6.45, 7) is 14.0. The van der Waals surface area contributed by atoms with Crippen molar-refractivity contribution in [2.24, 2.45) is 5.41 Å². The molecule has 0 saturated carbocycles. The van der Waals surface area contributed by atoms with Crippen LogP contribution in [-0.4, -0.2) is 0 Å². The van der Waals surface area contributed by atoms with Crippen molar-refractivity contribution in [3.8, 4) is 0 Å². The number of hydrogen-bond donors (Lipinski definition) is 0. The van der Waals surface area contributed by atoms with Gasteiger partial charge in [-0.25, -0.2) is 0 Å². The highest BCUT2D eigenvalue weighted by molar-refractivity contribution is 5.66. The minimum Gasteiger partial charge on any atom is -0.0776 e. The summed E-state index contributed by atoms with van der Waals surface area (Å²) in [5.74, 6) is 0.373. The van der Waals surface area contributed by atoms with Crippen LogP contribution in [0, 0.1) is 19.3 Å². The number of benzene rings is 3. The van der Waals surface area contributed by atoms with E-state index in [9.17, 15) is 0 Å². The maximum Gasteiger partial charge on any atom is 0.0278 e. The smallest absolute Gasteiger partial charge is 0.0278 e. The van der Waals surface area contributed by atoms with Crippen LogP contribution in [0.25, 0.3) is 6.08 Å². The molecular weight excluding hydrogens is 396 g/mol. The first-order chi connectivity index (χ1) is 14.7. The standard InChI is InChI=1S/C31H36.2CH4/c1-22-10-12-25(13-11-22)28-16-14-26-21-27(15-17-29(26)28)31(6,30(3,4)5)19-18-24-9-7-8-23(2)20-24;;/h7-17,20-21,28H,18-19H2,1-6H3;2*1H4. The molecule has 0 saturated heterocycles. The molecule has 0 fully saturated rings. The van der Waals surface area contributed by atoms with Crippen LogP contribution in [-0.2, 0) is 11.8 Å². The monoisotopic (exact) mass is 440 g/mol. The highest BCUT2D eigenvalue weighted by Gasteiger charge is 2.39. The molecule has 0 aliphatic heterocycles. The van der Waals surface area contributed by atoms with E-state index in [0.717, 1.165) is 12.8 Å². The van der Waals surface area contributed by atoms with Gasteiger partial charge in [0.1, 0.15) is 0 Å². The lowest BCUT2D eigenvalue weighted by Gasteiger charge is -2.43. The summed E-state index contributed by atoms with van der Waals surface area (Å²) >= 11 is 0. The van der Waals surface area contributed by atoms with Gasteiger partial charge in [0.05, 0.1) is 0 Å². The summed E-state index contributed by atoms with van der Waals surface area (Å²) < 4.78 is 0. The largest absolute Gasteiger partial charge is 0.0776 e. The molecule has 33 heavy (non-hydrogen) atoms. The van der Waals surface area contributed by atoms with Crippen LogP contribution in [0.3, 0.4) is 0 Å². The molecule has 0 N–H and O–H groups in total. The van der Waals surface area contributed by atoms with Crippen LogP contribution < -0.4 is 0 Å². The second-order valence-corrected chi connectivity index (χ2v) is 10.7. The first-order valence-electron chi connectivity index (χ1n) is 11.6. The van der Waals surface area contributed by atoms with Gasteiger partial charge >= 0.3 is 0 Å². The Kier molecular flexibility index (Phi) is 8.18. The minimum absolute atomic E-state index is 0. The topological polar surface area (TPSA) is 0 Å². The van der Waals surface area contributed by atoms with E-state index >= 15 is 0 Å². The fourth-order valence-corrected chi connectivity index (χ4v) is 4.93. The molecule has 0 amide bonds. The molecule has 0 heterocycles. The van der Waals surface area contributed by atoms with E-state index in [1.54, 1.807) is 0 Å². The Morgan fingerprint density at radius 1 is 0.758 bits per heavy atom. The predicted molar refractivity (Wildman–Crippen MR) is 148 cm³/mol. The average Bonchev–Trinajstić information content (AvgIpc) is 3.15. The van der Waals surface area contributed by atoms with Crippen molar-refractivity contribution in [2.45, 2.75) is 80.6 Å². The molecule has 2 atom stereocenters. The molecule has 2 unspecified atom stereocenters. The first-order valence-corrected chi connectivity index (χ1v) is 11.6. The summed E-state index contributed by atoms with van der Waals surface area (Å²) in [4.78, 5) is 0. The molecule has 1 aliphatic rings. The zero-order valence-corrected chi connectivity index (χ0v) is 20.0. The second kappa shape index (κ2) is 10.1. The van der Waals surface area contributed by atoms with Gasteiger partial charge in [0, 0.05) is 5.92 Å². The van der Waals surface area contributed by atoms with Gasteiger partial charge in [0.2, 0.25) is 0 Å². The molecular formula is C33H44. The van der Waals surface area contributed by atoms with Crippen molar-refractivity contribution in [2.75, 3.05) is 0 Å². The van der Waals surface area contributed by atoms with Gasteiger partial charge in [0.25, 0.3) is 0 Å². The Morgan fingerprint density at radius 2 is 1.45 bits per heavy atom. The maximum absolute atomic E-state index is 2.46. The second-order valence-electron chi connectivity index (χ2n) is 10.7. The SMILES string of the molecule is C.C.Cc1ccc(C2C=Cc3cc(C(C)(CCc4cccc(C)c4)C(C)(C)C)ccc32)cc1. The third kappa shape index (κ3) is 5.32. The highest BCUT2D eigenvalue weighted by atomic mass is 14.4. The van der Waals surface area contributed by atoms with Gasteiger partial charge in [-0.2, -0.15) is 0 Å². The number of allylic oxidation sites excluding steroid dienone is 1. The summed E-state index contributed by atoms with van der Waals surface area (Å²) in [6, 6.07) is 25.2. The van der Waals surface area contributed by atoms with Crippen LogP contribution >= 0.6 is 0 Å². The fourth-order valence-electron chi connectivity index (χ4n) is 4.93. The Hall–Kier alpha value is -2.60. The van der Waals surface area contributed by atoms with Crippen molar-refractivity contribution in [1.82, 2.24) is 0 Å². The van der Waals surface area contributed by atoms with E-state index in [4.69, 9.17) is 0 Å². The zero-order valence-electron chi connectivity index (χ0n) is 20.0. The van der Waals surface area contributed by atoms with E-state index in [2.05, 4.69) is 120 Å². The summed E-state index contributed by atoms with van der Waals surface area (Å²) in [7, 11) is 0. The minimum atomic E-state index is 0. The van der Waals surface area contributed by atoms with Crippen LogP contribution in [0.4, 0.5) is 0 Å². The summed E-state index contributed by atoms with van der Waals surface area (Å²) in [6.07, 6.45) is 6.94. The number of rotatable bonds is 5. The van der Waals surface area contributed by atoms with Gasteiger partial charge in [-0.1, -0.05) is 133 Å². The third-order valence-corrected chi connectivity index (χ3v) is 7.62. The highest BCUT2D eigenvalue weighted by Crippen LogP contribution is 2.46. The lowest BCUT2D eigenvalue weighted by atomic mass is 9.61. The number of fused-ring (bicyclic) bond motifs is 1. The summed E-state index contributed by atoms with van der Waals surface area (Å²) in [5, 5.41) is 0. The molecule has 0 heteroatoms. The van der Waals surface area contributed by atoms with E-state index in [1.807, 2.05) is 0 Å². The molecule has 0 aromatic heterocycles. The molecule has 0 bridgehead atoms. The van der Waals surface area contributed by atoms with E-state index < -0.39 is 0 Å². The van der Waals surface area contributed by atoms with Crippen molar-refractivity contribution in [3.05, 3.63) is 112 Å². The average molecular weight is 441 g/mol. The van der Waals surface area contributed by atoms with Gasteiger partial charge in [-0.3, -0.25) is 0 Å². The van der Waals surface area contributed by atoms with Crippen molar-refractivity contribution in [1.29, 1.82) is 0 Å². The lowest BCUT2D eigenvalue weighted by Crippen LogP contribution is -2.37.